The average molecular weight is 455 g/mol. The number of thioether (sulfide) groups is 1. The van der Waals surface area contributed by atoms with Gasteiger partial charge in [-0.1, -0.05) is 11.6 Å². The smallest absolute Gasteiger partial charge is 0.210 e. The molecular weight excluding hydrogens is 436 g/mol. The quantitative estimate of drug-likeness (QED) is 0.526. The number of benzene rings is 1. The summed E-state index contributed by atoms with van der Waals surface area (Å²) in [5, 5.41) is 10.0. The Morgan fingerprint density at radius 3 is 2.75 bits per heavy atom. The highest BCUT2D eigenvalue weighted by molar-refractivity contribution is 7.98. The molecule has 0 amide bonds. The van der Waals surface area contributed by atoms with Crippen LogP contribution in [0.1, 0.15) is 22.7 Å². The lowest BCUT2D eigenvalue weighted by atomic mass is 10.2. The first kappa shape index (κ1) is 19.9. The summed E-state index contributed by atoms with van der Waals surface area (Å²) >= 11 is 9.29. The number of sulfonamides is 1. The first-order valence-electron chi connectivity index (χ1n) is 8.83. The highest BCUT2D eigenvalue weighted by Crippen LogP contribution is 2.40. The molecule has 4 rings (SSSR count). The van der Waals surface area contributed by atoms with E-state index in [2.05, 4.69) is 5.32 Å². The molecule has 148 valence electrons. The maximum absolute atomic E-state index is 11.3. The molecule has 0 saturated heterocycles. The molecule has 1 aliphatic carbocycles. The maximum Gasteiger partial charge on any atom is 0.210 e. The fourth-order valence-corrected chi connectivity index (χ4v) is 5.77. The highest BCUT2D eigenvalue weighted by Gasteiger charge is 2.22. The number of rotatable bonds is 7. The lowest BCUT2D eigenvalue weighted by Crippen LogP contribution is -2.22. The van der Waals surface area contributed by atoms with Gasteiger partial charge >= 0.3 is 0 Å². The number of aryl methyl sites for hydroxylation is 2. The maximum atomic E-state index is 11.3. The molecule has 10 heteroatoms. The molecule has 28 heavy (non-hydrogen) atoms. The largest absolute Gasteiger partial charge is 0.368 e. The molecule has 1 aliphatic rings. The summed E-state index contributed by atoms with van der Waals surface area (Å²) in [6.07, 6.45) is 3.23. The Kier molecular flexibility index (Phi) is 5.80. The molecule has 6 nitrogen and oxygen atoms in total. The lowest BCUT2D eigenvalue weighted by molar-refractivity contribution is 0.598. The van der Waals surface area contributed by atoms with Crippen LogP contribution >= 0.6 is 34.7 Å². The minimum atomic E-state index is -3.52. The van der Waals surface area contributed by atoms with Gasteiger partial charge in [-0.2, -0.15) is 0 Å². The van der Waals surface area contributed by atoms with Gasteiger partial charge in [-0.15, -0.1) is 23.1 Å². The summed E-state index contributed by atoms with van der Waals surface area (Å²) in [5.41, 5.74) is 1.30. The third kappa shape index (κ3) is 4.60. The third-order valence-corrected chi connectivity index (χ3v) is 7.69. The normalized spacial score (nSPS) is 13.8. The standard InChI is InChI=1S/C18H19ClN4O2S3/c19-11-4-6-12(7-5-11)26-10-15-22-17(21-8-9-28(20,24)25)16-13-2-1-3-14(13)27-18(16)23-15/h4-7H,1-3,8-10H2,(H2,20,24,25)(H,21,22,23). The van der Waals surface area contributed by atoms with Crippen LogP contribution in [0.3, 0.4) is 0 Å². The van der Waals surface area contributed by atoms with Crippen molar-refractivity contribution in [2.24, 2.45) is 5.14 Å². The number of nitrogens with two attached hydrogens (primary N) is 1. The van der Waals surface area contributed by atoms with Crippen LogP contribution in [0.15, 0.2) is 29.2 Å². The molecule has 0 saturated carbocycles. The number of nitrogens with one attached hydrogen (secondary N) is 1. The van der Waals surface area contributed by atoms with Gasteiger partial charge in [-0.25, -0.2) is 23.5 Å². The number of halogens is 1. The molecule has 0 radical (unpaired) electrons. The van der Waals surface area contributed by atoms with Gasteiger partial charge in [-0.05, 0) is 49.1 Å². The van der Waals surface area contributed by atoms with Gasteiger partial charge in [0.2, 0.25) is 10.0 Å². The van der Waals surface area contributed by atoms with Crippen LogP contribution in [0, 0.1) is 0 Å². The number of fused-ring (bicyclic) bond motifs is 3. The Labute approximate surface area is 177 Å². The van der Waals surface area contributed by atoms with Crippen molar-refractivity contribution in [1.82, 2.24) is 9.97 Å². The summed E-state index contributed by atoms with van der Waals surface area (Å²) in [7, 11) is -3.52. The molecule has 2 aromatic heterocycles. The number of nitrogens with zero attached hydrogens (tertiary/aromatic N) is 2. The highest BCUT2D eigenvalue weighted by atomic mass is 35.5. The first-order valence-corrected chi connectivity index (χ1v) is 12.7. The van der Waals surface area contributed by atoms with Crippen LogP contribution in [0.5, 0.6) is 0 Å². The van der Waals surface area contributed by atoms with Crippen LogP contribution in [0.25, 0.3) is 10.2 Å². The van der Waals surface area contributed by atoms with Gasteiger partial charge in [0.15, 0.2) is 0 Å². The van der Waals surface area contributed by atoms with Gasteiger partial charge in [-0.3, -0.25) is 0 Å². The van der Waals surface area contributed by atoms with Crippen molar-refractivity contribution in [3.05, 3.63) is 45.6 Å². The summed E-state index contributed by atoms with van der Waals surface area (Å²) in [4.78, 5) is 12.9. The molecule has 1 aromatic carbocycles. The Morgan fingerprint density at radius 1 is 1.21 bits per heavy atom. The Morgan fingerprint density at radius 2 is 2.00 bits per heavy atom. The van der Waals surface area contributed by atoms with Crippen molar-refractivity contribution in [2.75, 3.05) is 17.6 Å². The summed E-state index contributed by atoms with van der Waals surface area (Å²) in [6.45, 7) is 0.222. The molecule has 3 N–H and O–H groups in total. The van der Waals surface area contributed by atoms with E-state index in [9.17, 15) is 8.42 Å². The van der Waals surface area contributed by atoms with Crippen LogP contribution < -0.4 is 10.5 Å². The summed E-state index contributed by atoms with van der Waals surface area (Å²) in [6, 6.07) is 7.66. The zero-order chi connectivity index (χ0) is 19.7. The van der Waals surface area contributed by atoms with E-state index < -0.39 is 10.0 Å². The fraction of sp³-hybridized carbons (Fsp3) is 0.333. The Hall–Kier alpha value is -1.39. The van der Waals surface area contributed by atoms with Crippen LogP contribution in [-0.4, -0.2) is 30.7 Å². The van der Waals surface area contributed by atoms with E-state index in [0.29, 0.717) is 22.4 Å². The van der Waals surface area contributed by atoms with Crippen molar-refractivity contribution >= 4 is 60.8 Å². The number of aromatic nitrogens is 2. The molecule has 3 aromatic rings. The molecule has 0 fully saturated rings. The molecule has 0 spiro atoms. The number of hydrogen-bond acceptors (Lipinski definition) is 7. The van der Waals surface area contributed by atoms with E-state index in [-0.39, 0.29) is 12.3 Å². The van der Waals surface area contributed by atoms with E-state index in [0.717, 1.165) is 34.4 Å². The van der Waals surface area contributed by atoms with E-state index in [1.165, 1.54) is 10.4 Å². The second-order valence-corrected chi connectivity index (χ2v) is 10.9. The molecule has 0 bridgehead atoms. The van der Waals surface area contributed by atoms with Crippen molar-refractivity contribution in [1.29, 1.82) is 0 Å². The minimum absolute atomic E-state index is 0.139. The van der Waals surface area contributed by atoms with E-state index in [1.807, 2.05) is 24.3 Å². The van der Waals surface area contributed by atoms with E-state index in [1.54, 1.807) is 23.1 Å². The molecule has 0 aliphatic heterocycles. The van der Waals surface area contributed by atoms with Gasteiger partial charge in [0.25, 0.3) is 0 Å². The Bertz CT molecular complexity index is 1110. The predicted octanol–water partition coefficient (Wildman–Crippen LogP) is 3.83. The minimum Gasteiger partial charge on any atom is -0.368 e. The lowest BCUT2D eigenvalue weighted by Gasteiger charge is -2.10. The molecule has 0 atom stereocenters. The number of hydrogen-bond donors (Lipinski definition) is 2. The van der Waals surface area contributed by atoms with Crippen LogP contribution in [-0.2, 0) is 28.6 Å². The second-order valence-electron chi connectivity index (χ2n) is 6.56. The van der Waals surface area contributed by atoms with Crippen molar-refractivity contribution in [2.45, 2.75) is 29.9 Å². The molecule has 0 unspecified atom stereocenters. The first-order chi connectivity index (χ1) is 13.4. The fourth-order valence-electron chi connectivity index (χ4n) is 3.22. The van der Waals surface area contributed by atoms with Gasteiger partial charge in [0, 0.05) is 21.3 Å². The molecule has 2 heterocycles. The average Bonchev–Trinajstić information content (AvgIpc) is 3.20. The molecular formula is C18H19ClN4O2S3. The summed E-state index contributed by atoms with van der Waals surface area (Å²) < 4.78 is 22.5. The Balaban J connectivity index is 1.61. The van der Waals surface area contributed by atoms with Crippen molar-refractivity contribution in [3.8, 4) is 0 Å². The number of thiophene rings is 1. The van der Waals surface area contributed by atoms with Gasteiger partial charge < -0.3 is 5.32 Å². The van der Waals surface area contributed by atoms with Gasteiger partial charge in [0.05, 0.1) is 16.9 Å². The second kappa shape index (κ2) is 8.16. The zero-order valence-electron chi connectivity index (χ0n) is 14.9. The number of anilines is 1. The van der Waals surface area contributed by atoms with Crippen molar-refractivity contribution < 1.29 is 8.42 Å². The predicted molar refractivity (Wildman–Crippen MR) is 117 cm³/mol. The van der Waals surface area contributed by atoms with E-state index in [4.69, 9.17) is 26.7 Å². The van der Waals surface area contributed by atoms with Crippen LogP contribution in [0.2, 0.25) is 5.02 Å². The SMILES string of the molecule is NS(=O)(=O)CCNc1nc(CSc2ccc(Cl)cc2)nc2sc3c(c12)CCC3. The topological polar surface area (TPSA) is 98.0 Å². The van der Waals surface area contributed by atoms with Crippen LogP contribution in [0.4, 0.5) is 5.82 Å². The number of primary sulfonamides is 1. The monoisotopic (exact) mass is 454 g/mol. The summed E-state index contributed by atoms with van der Waals surface area (Å²) in [5.74, 6) is 1.90. The third-order valence-electron chi connectivity index (χ3n) is 4.47. The van der Waals surface area contributed by atoms with Gasteiger partial charge in [0.1, 0.15) is 16.5 Å². The zero-order valence-corrected chi connectivity index (χ0v) is 18.1. The van der Waals surface area contributed by atoms with Crippen molar-refractivity contribution in [3.63, 3.8) is 0 Å². The van der Waals surface area contributed by atoms with E-state index >= 15 is 0 Å².